The number of carbonyl (C=O) groups is 1. The van der Waals surface area contributed by atoms with E-state index < -0.39 is 0 Å². The van der Waals surface area contributed by atoms with Crippen molar-refractivity contribution < 1.29 is 9.90 Å². The van der Waals surface area contributed by atoms with Gasteiger partial charge in [-0.1, -0.05) is 18.2 Å². The van der Waals surface area contributed by atoms with Crippen LogP contribution in [0.1, 0.15) is 12.0 Å². The molecule has 4 heteroatoms. The highest BCUT2D eigenvalue weighted by molar-refractivity contribution is 5.82. The van der Waals surface area contributed by atoms with Gasteiger partial charge >= 0.3 is 0 Å². The topological polar surface area (TPSA) is 53.4 Å². The normalized spacial score (nSPS) is 18.9. The van der Waals surface area contributed by atoms with Crippen molar-refractivity contribution in [3.8, 4) is 0 Å². The largest absolute Gasteiger partial charge is 0.396 e. The molecule has 1 unspecified atom stereocenters. The number of hydrogen-bond acceptors (Lipinski definition) is 3. The Kier molecular flexibility index (Phi) is 3.65. The van der Waals surface area contributed by atoms with E-state index in [4.69, 9.17) is 5.11 Å². The SMILES string of the molecule is O=C1CC(CO)CN1CCc1cccc2ncccc12. The van der Waals surface area contributed by atoms with E-state index in [1.165, 1.54) is 5.56 Å². The molecule has 0 spiro atoms. The molecule has 1 N–H and O–H groups in total. The summed E-state index contributed by atoms with van der Waals surface area (Å²) < 4.78 is 0. The number of amides is 1. The summed E-state index contributed by atoms with van der Waals surface area (Å²) in [7, 11) is 0. The summed E-state index contributed by atoms with van der Waals surface area (Å²) in [6.07, 6.45) is 3.10. The van der Waals surface area contributed by atoms with Gasteiger partial charge in [-0.2, -0.15) is 0 Å². The molecule has 0 bridgehead atoms. The quantitative estimate of drug-likeness (QED) is 0.918. The third kappa shape index (κ3) is 2.51. The van der Waals surface area contributed by atoms with Crippen LogP contribution in [0.4, 0.5) is 0 Å². The molecule has 0 aliphatic carbocycles. The van der Waals surface area contributed by atoms with Crippen LogP contribution in [0.15, 0.2) is 36.5 Å². The van der Waals surface area contributed by atoms with Crippen LogP contribution in [-0.2, 0) is 11.2 Å². The molecular weight excluding hydrogens is 252 g/mol. The van der Waals surface area contributed by atoms with Crippen molar-refractivity contribution >= 4 is 16.8 Å². The second kappa shape index (κ2) is 5.59. The molecule has 104 valence electrons. The standard InChI is InChI=1S/C16H18N2O2/c19-11-12-9-16(20)18(10-12)8-6-13-3-1-5-15-14(13)4-2-7-17-15/h1-5,7,12,19H,6,8-11H2. The molecule has 1 aromatic heterocycles. The zero-order chi connectivity index (χ0) is 13.9. The van der Waals surface area contributed by atoms with Crippen molar-refractivity contribution in [2.45, 2.75) is 12.8 Å². The Hall–Kier alpha value is -1.94. The molecule has 1 fully saturated rings. The van der Waals surface area contributed by atoms with Crippen LogP contribution in [0.2, 0.25) is 0 Å². The Morgan fingerprint density at radius 3 is 3.00 bits per heavy atom. The second-order valence-electron chi connectivity index (χ2n) is 5.33. The molecule has 20 heavy (non-hydrogen) atoms. The summed E-state index contributed by atoms with van der Waals surface area (Å²) in [5.74, 6) is 0.263. The molecule has 1 amide bonds. The second-order valence-corrected chi connectivity index (χ2v) is 5.33. The van der Waals surface area contributed by atoms with Crippen molar-refractivity contribution in [1.82, 2.24) is 9.88 Å². The fourth-order valence-corrected chi connectivity index (χ4v) is 2.83. The molecule has 3 rings (SSSR count). The van der Waals surface area contributed by atoms with Gasteiger partial charge in [0.05, 0.1) is 5.52 Å². The van der Waals surface area contributed by atoms with Gasteiger partial charge in [0.25, 0.3) is 0 Å². The number of pyridine rings is 1. The Morgan fingerprint density at radius 2 is 2.20 bits per heavy atom. The van der Waals surface area contributed by atoms with Gasteiger partial charge in [-0.05, 0) is 24.1 Å². The van der Waals surface area contributed by atoms with Crippen LogP contribution in [0.3, 0.4) is 0 Å². The molecule has 1 aliphatic heterocycles. The van der Waals surface area contributed by atoms with Crippen LogP contribution in [0.5, 0.6) is 0 Å². The predicted octanol–water partition coefficient (Wildman–Crippen LogP) is 1.62. The molecule has 1 aliphatic rings. The predicted molar refractivity (Wildman–Crippen MR) is 77.2 cm³/mol. The van der Waals surface area contributed by atoms with Crippen molar-refractivity contribution in [3.05, 3.63) is 42.1 Å². The molecular formula is C16H18N2O2. The smallest absolute Gasteiger partial charge is 0.223 e. The fourth-order valence-electron chi connectivity index (χ4n) is 2.83. The molecule has 1 atom stereocenters. The highest BCUT2D eigenvalue weighted by Crippen LogP contribution is 2.20. The van der Waals surface area contributed by atoms with Crippen molar-refractivity contribution in [3.63, 3.8) is 0 Å². The van der Waals surface area contributed by atoms with E-state index in [0.717, 1.165) is 17.3 Å². The molecule has 1 aromatic carbocycles. The zero-order valence-corrected chi connectivity index (χ0v) is 11.3. The summed E-state index contributed by atoms with van der Waals surface area (Å²) in [6.45, 7) is 1.49. The minimum Gasteiger partial charge on any atom is -0.396 e. The molecule has 4 nitrogen and oxygen atoms in total. The Labute approximate surface area is 118 Å². The van der Waals surface area contributed by atoms with E-state index >= 15 is 0 Å². The lowest BCUT2D eigenvalue weighted by Gasteiger charge is -2.16. The lowest BCUT2D eigenvalue weighted by atomic mass is 10.1. The van der Waals surface area contributed by atoms with Crippen LogP contribution in [-0.4, -0.2) is 40.6 Å². The number of rotatable bonds is 4. The highest BCUT2D eigenvalue weighted by atomic mass is 16.3. The summed E-state index contributed by atoms with van der Waals surface area (Å²) in [6, 6.07) is 10.1. The summed E-state index contributed by atoms with van der Waals surface area (Å²) in [4.78, 5) is 18.0. The minimum absolute atomic E-state index is 0.0976. The first-order valence-electron chi connectivity index (χ1n) is 6.99. The first kappa shape index (κ1) is 13.1. The first-order valence-corrected chi connectivity index (χ1v) is 6.99. The van der Waals surface area contributed by atoms with Crippen LogP contribution >= 0.6 is 0 Å². The maximum absolute atomic E-state index is 11.8. The van der Waals surface area contributed by atoms with Gasteiger partial charge in [-0.3, -0.25) is 9.78 Å². The van der Waals surface area contributed by atoms with Gasteiger partial charge < -0.3 is 10.0 Å². The van der Waals surface area contributed by atoms with Gasteiger partial charge in [0.2, 0.25) is 5.91 Å². The Bertz CT molecular complexity index is 621. The van der Waals surface area contributed by atoms with Gasteiger partial charge in [0.1, 0.15) is 0 Å². The summed E-state index contributed by atoms with van der Waals surface area (Å²) in [5, 5.41) is 10.3. The molecule has 0 saturated carbocycles. The number of aliphatic hydroxyl groups excluding tert-OH is 1. The number of nitrogens with zero attached hydrogens (tertiary/aromatic N) is 2. The highest BCUT2D eigenvalue weighted by Gasteiger charge is 2.28. The third-order valence-electron chi connectivity index (χ3n) is 3.94. The van der Waals surface area contributed by atoms with Crippen LogP contribution in [0.25, 0.3) is 10.9 Å². The van der Waals surface area contributed by atoms with Crippen molar-refractivity contribution in [2.24, 2.45) is 5.92 Å². The number of hydrogen-bond donors (Lipinski definition) is 1. The van der Waals surface area contributed by atoms with E-state index in [1.54, 1.807) is 6.20 Å². The minimum atomic E-state index is 0.0976. The number of carbonyl (C=O) groups excluding carboxylic acids is 1. The van der Waals surface area contributed by atoms with Gasteiger partial charge in [0.15, 0.2) is 0 Å². The third-order valence-corrected chi connectivity index (χ3v) is 3.94. The molecule has 2 heterocycles. The van der Waals surface area contributed by atoms with E-state index in [0.29, 0.717) is 19.5 Å². The average molecular weight is 270 g/mol. The maximum atomic E-state index is 11.8. The average Bonchev–Trinajstić information content (AvgIpc) is 2.85. The van der Waals surface area contributed by atoms with Crippen LogP contribution < -0.4 is 0 Å². The van der Waals surface area contributed by atoms with Crippen LogP contribution in [0, 0.1) is 5.92 Å². The summed E-state index contributed by atoms with van der Waals surface area (Å²) in [5.41, 5.74) is 2.21. The first-order chi connectivity index (χ1) is 9.78. The molecule has 0 radical (unpaired) electrons. The maximum Gasteiger partial charge on any atom is 0.223 e. The number of likely N-dealkylation sites (tertiary alicyclic amines) is 1. The number of benzene rings is 1. The van der Waals surface area contributed by atoms with Crippen molar-refractivity contribution in [2.75, 3.05) is 19.7 Å². The zero-order valence-electron chi connectivity index (χ0n) is 11.3. The summed E-state index contributed by atoms with van der Waals surface area (Å²) >= 11 is 0. The van der Waals surface area contributed by atoms with Gasteiger partial charge in [-0.25, -0.2) is 0 Å². The Morgan fingerprint density at radius 1 is 1.30 bits per heavy atom. The number of aliphatic hydroxyl groups is 1. The van der Waals surface area contributed by atoms with Crippen molar-refractivity contribution in [1.29, 1.82) is 0 Å². The fraction of sp³-hybridized carbons (Fsp3) is 0.375. The molecule has 1 saturated heterocycles. The van der Waals surface area contributed by atoms with Gasteiger partial charge in [0, 0.05) is 43.6 Å². The monoisotopic (exact) mass is 270 g/mol. The van der Waals surface area contributed by atoms with E-state index in [9.17, 15) is 4.79 Å². The lowest BCUT2D eigenvalue weighted by Crippen LogP contribution is -2.27. The Balaban J connectivity index is 1.73. The molecule has 2 aromatic rings. The lowest BCUT2D eigenvalue weighted by molar-refractivity contribution is -0.127. The van der Waals surface area contributed by atoms with E-state index in [2.05, 4.69) is 17.1 Å². The number of aromatic nitrogens is 1. The van der Waals surface area contributed by atoms with E-state index in [-0.39, 0.29) is 18.4 Å². The van der Waals surface area contributed by atoms with E-state index in [1.807, 2.05) is 23.1 Å². The van der Waals surface area contributed by atoms with Gasteiger partial charge in [-0.15, -0.1) is 0 Å². The number of fused-ring (bicyclic) bond motifs is 1.